The maximum atomic E-state index is 12.2. The van der Waals surface area contributed by atoms with Crippen LogP contribution in [0.2, 0.25) is 0 Å². The lowest BCUT2D eigenvalue weighted by Gasteiger charge is -2.18. The third-order valence-electron chi connectivity index (χ3n) is 3.83. The number of aryl methyl sites for hydroxylation is 1. The Morgan fingerprint density at radius 2 is 2.12 bits per heavy atom. The van der Waals surface area contributed by atoms with Crippen molar-refractivity contribution >= 4 is 5.69 Å². The van der Waals surface area contributed by atoms with Crippen LogP contribution in [0.25, 0.3) is 11.3 Å². The molecule has 1 aliphatic rings. The van der Waals surface area contributed by atoms with Gasteiger partial charge in [-0.1, -0.05) is 29.8 Å². The molecule has 0 radical (unpaired) electrons. The molecule has 0 unspecified atom stereocenters. The van der Waals surface area contributed by atoms with E-state index in [1.165, 1.54) is 4.90 Å². The van der Waals surface area contributed by atoms with Crippen molar-refractivity contribution in [1.82, 2.24) is 5.32 Å². The van der Waals surface area contributed by atoms with E-state index in [1.807, 2.05) is 25.1 Å². The van der Waals surface area contributed by atoms with E-state index < -0.39 is 10.5 Å². The van der Waals surface area contributed by atoms with E-state index in [1.54, 1.807) is 18.2 Å². The summed E-state index contributed by atoms with van der Waals surface area (Å²) in [6.45, 7) is 2.80. The highest BCUT2D eigenvalue weighted by Crippen LogP contribution is 2.28. The van der Waals surface area contributed by atoms with E-state index >= 15 is 0 Å². The standard InChI is InChI=1S/C17H14N4O4/c1-11-2-4-12(5-3-11)15-8-14(13(9-18)17(22)25-15)20-7-6-19-16(20)10-21(23)24/h2-5,8,10,19H,6-7H2,1H3/b16-10+. The van der Waals surface area contributed by atoms with Gasteiger partial charge >= 0.3 is 5.63 Å². The van der Waals surface area contributed by atoms with E-state index in [4.69, 9.17) is 4.42 Å². The molecule has 1 fully saturated rings. The number of nitrogens with one attached hydrogen (secondary N) is 1. The molecule has 0 amide bonds. The second-order valence-electron chi connectivity index (χ2n) is 5.51. The van der Waals surface area contributed by atoms with Gasteiger partial charge < -0.3 is 14.6 Å². The van der Waals surface area contributed by atoms with Crippen molar-refractivity contribution in [3.63, 3.8) is 0 Å². The van der Waals surface area contributed by atoms with Crippen LogP contribution >= 0.6 is 0 Å². The molecule has 2 aromatic rings. The predicted octanol–water partition coefficient (Wildman–Crippen LogP) is 1.97. The molecule has 3 rings (SSSR count). The molecule has 25 heavy (non-hydrogen) atoms. The molecular weight excluding hydrogens is 324 g/mol. The van der Waals surface area contributed by atoms with Crippen LogP contribution < -0.4 is 15.8 Å². The van der Waals surface area contributed by atoms with Gasteiger partial charge in [-0.05, 0) is 6.92 Å². The summed E-state index contributed by atoms with van der Waals surface area (Å²) in [4.78, 5) is 24.0. The molecule has 0 aliphatic carbocycles. The van der Waals surface area contributed by atoms with Gasteiger partial charge in [0.2, 0.25) is 0 Å². The minimum atomic E-state index is -0.775. The fourth-order valence-electron chi connectivity index (χ4n) is 2.63. The quantitative estimate of drug-likeness (QED) is 0.672. The average molecular weight is 338 g/mol. The van der Waals surface area contributed by atoms with Gasteiger partial charge in [0, 0.05) is 24.7 Å². The van der Waals surface area contributed by atoms with Crippen LogP contribution in [-0.4, -0.2) is 18.0 Å². The molecule has 2 heterocycles. The molecule has 0 saturated carbocycles. The number of hydrogen-bond acceptors (Lipinski definition) is 7. The molecule has 0 spiro atoms. The number of nitrogens with zero attached hydrogens (tertiary/aromatic N) is 3. The lowest BCUT2D eigenvalue weighted by molar-refractivity contribution is -0.403. The largest absolute Gasteiger partial charge is 0.422 e. The number of nitro groups is 1. The lowest BCUT2D eigenvalue weighted by atomic mass is 10.1. The first-order chi connectivity index (χ1) is 12.0. The molecule has 0 bridgehead atoms. The van der Waals surface area contributed by atoms with Crippen LogP contribution in [0.4, 0.5) is 5.69 Å². The summed E-state index contributed by atoms with van der Waals surface area (Å²) in [7, 11) is 0. The number of rotatable bonds is 3. The van der Waals surface area contributed by atoms with Gasteiger partial charge in [-0.25, -0.2) is 4.79 Å². The molecule has 1 saturated heterocycles. The highest BCUT2D eigenvalue weighted by atomic mass is 16.6. The molecule has 1 aliphatic heterocycles. The Balaban J connectivity index is 2.15. The molecule has 126 valence electrons. The molecular formula is C17H14N4O4. The van der Waals surface area contributed by atoms with Crippen molar-refractivity contribution in [2.24, 2.45) is 0 Å². The van der Waals surface area contributed by atoms with Crippen molar-refractivity contribution in [2.75, 3.05) is 18.0 Å². The maximum absolute atomic E-state index is 12.2. The van der Waals surface area contributed by atoms with Gasteiger partial charge in [0.25, 0.3) is 6.20 Å². The normalized spacial score (nSPS) is 15.0. The van der Waals surface area contributed by atoms with Crippen LogP contribution in [-0.2, 0) is 0 Å². The first-order valence-electron chi connectivity index (χ1n) is 7.51. The topological polar surface area (TPSA) is 112 Å². The van der Waals surface area contributed by atoms with E-state index in [0.717, 1.165) is 11.8 Å². The molecule has 8 nitrogen and oxygen atoms in total. The summed E-state index contributed by atoms with van der Waals surface area (Å²) in [6, 6.07) is 10.8. The SMILES string of the molecule is Cc1ccc(-c2cc(N3CCN/C3=C\[N+](=O)[O-])c(C#N)c(=O)o2)cc1. The Labute approximate surface area is 142 Å². The summed E-state index contributed by atoms with van der Waals surface area (Å²) in [5, 5.41) is 23.0. The minimum Gasteiger partial charge on any atom is -0.422 e. The maximum Gasteiger partial charge on any atom is 0.356 e. The Morgan fingerprint density at radius 1 is 1.40 bits per heavy atom. The van der Waals surface area contributed by atoms with Crippen LogP contribution in [0.3, 0.4) is 0 Å². The number of benzene rings is 1. The smallest absolute Gasteiger partial charge is 0.356 e. The Bertz CT molecular complexity index is 954. The first-order valence-corrected chi connectivity index (χ1v) is 7.51. The van der Waals surface area contributed by atoms with Crippen LogP contribution in [0.15, 0.2) is 51.6 Å². The summed E-state index contributed by atoms with van der Waals surface area (Å²) >= 11 is 0. The predicted molar refractivity (Wildman–Crippen MR) is 90.3 cm³/mol. The van der Waals surface area contributed by atoms with E-state index in [0.29, 0.717) is 24.4 Å². The summed E-state index contributed by atoms with van der Waals surface area (Å²) in [6.07, 6.45) is 0.814. The fourth-order valence-corrected chi connectivity index (χ4v) is 2.63. The van der Waals surface area contributed by atoms with E-state index in [9.17, 15) is 20.2 Å². The van der Waals surface area contributed by atoms with Gasteiger partial charge in [0.05, 0.1) is 10.6 Å². The van der Waals surface area contributed by atoms with Crippen LogP contribution in [0, 0.1) is 28.4 Å². The summed E-state index contributed by atoms with van der Waals surface area (Å²) < 4.78 is 5.26. The van der Waals surface area contributed by atoms with Crippen molar-refractivity contribution in [3.05, 3.63) is 74.0 Å². The fraction of sp³-hybridized carbons (Fsp3) is 0.176. The monoisotopic (exact) mass is 338 g/mol. The van der Waals surface area contributed by atoms with Gasteiger partial charge in [0.1, 0.15) is 11.8 Å². The third-order valence-corrected chi connectivity index (χ3v) is 3.83. The van der Waals surface area contributed by atoms with Crippen molar-refractivity contribution in [2.45, 2.75) is 6.92 Å². The van der Waals surface area contributed by atoms with Gasteiger partial charge in [-0.3, -0.25) is 10.1 Å². The zero-order chi connectivity index (χ0) is 18.0. The Morgan fingerprint density at radius 3 is 2.76 bits per heavy atom. The Kier molecular flexibility index (Phi) is 4.22. The minimum absolute atomic E-state index is 0.186. The van der Waals surface area contributed by atoms with Gasteiger partial charge in [0.15, 0.2) is 11.4 Å². The van der Waals surface area contributed by atoms with E-state index in [-0.39, 0.29) is 17.1 Å². The Hall–Kier alpha value is -3.60. The molecule has 1 aromatic heterocycles. The second-order valence-corrected chi connectivity index (χ2v) is 5.51. The number of nitriles is 1. The molecule has 1 aromatic carbocycles. The summed E-state index contributed by atoms with van der Waals surface area (Å²) in [5.41, 5.74) is 1.06. The van der Waals surface area contributed by atoms with Crippen molar-refractivity contribution in [1.29, 1.82) is 5.26 Å². The number of anilines is 1. The zero-order valence-corrected chi connectivity index (χ0v) is 13.4. The first kappa shape index (κ1) is 16.3. The lowest BCUT2D eigenvalue weighted by Crippen LogP contribution is -2.23. The van der Waals surface area contributed by atoms with Gasteiger partial charge in [-0.2, -0.15) is 5.26 Å². The van der Waals surface area contributed by atoms with Crippen LogP contribution in [0.1, 0.15) is 11.1 Å². The van der Waals surface area contributed by atoms with Crippen molar-refractivity contribution in [3.8, 4) is 17.4 Å². The summed E-state index contributed by atoms with van der Waals surface area (Å²) in [5.74, 6) is 0.522. The third kappa shape index (κ3) is 3.21. The molecule has 0 atom stereocenters. The second kappa shape index (κ2) is 6.49. The highest BCUT2D eigenvalue weighted by Gasteiger charge is 2.26. The van der Waals surface area contributed by atoms with Gasteiger partial charge in [-0.15, -0.1) is 0 Å². The van der Waals surface area contributed by atoms with Crippen LogP contribution in [0.5, 0.6) is 0 Å². The zero-order valence-electron chi connectivity index (χ0n) is 13.4. The molecule has 8 heteroatoms. The van der Waals surface area contributed by atoms with E-state index in [2.05, 4.69) is 5.32 Å². The number of hydrogen-bond donors (Lipinski definition) is 1. The van der Waals surface area contributed by atoms with Crippen molar-refractivity contribution < 1.29 is 9.34 Å². The highest BCUT2D eigenvalue weighted by molar-refractivity contribution is 5.69. The molecule has 1 N–H and O–H groups in total. The average Bonchev–Trinajstić information content (AvgIpc) is 3.02.